The van der Waals surface area contributed by atoms with Crippen molar-refractivity contribution < 1.29 is 8.42 Å². The van der Waals surface area contributed by atoms with Crippen molar-refractivity contribution in [3.8, 4) is 0 Å². The fourth-order valence-electron chi connectivity index (χ4n) is 3.67. The molecule has 1 aliphatic rings. The average Bonchev–Trinajstić information content (AvgIpc) is 2.61. The molecule has 2 heterocycles. The molecule has 0 saturated carbocycles. The number of sulfonamides is 1. The smallest absolute Gasteiger partial charge is 0.238 e. The van der Waals surface area contributed by atoms with E-state index in [0.29, 0.717) is 5.39 Å². The molecule has 0 unspecified atom stereocenters. The Morgan fingerprint density at radius 1 is 1.00 bits per heavy atom. The first-order valence-corrected chi connectivity index (χ1v) is 10.7. The first kappa shape index (κ1) is 18.3. The summed E-state index contributed by atoms with van der Waals surface area (Å²) < 4.78 is 23.5. The van der Waals surface area contributed by atoms with Gasteiger partial charge in [-0.05, 0) is 63.9 Å². The van der Waals surface area contributed by atoms with Crippen LogP contribution >= 0.6 is 0 Å². The lowest BCUT2D eigenvalue weighted by Crippen LogP contribution is -2.30. The van der Waals surface area contributed by atoms with Crippen LogP contribution in [-0.4, -0.2) is 37.9 Å². The topological polar surface area (TPSA) is 76.3 Å². The summed E-state index contributed by atoms with van der Waals surface area (Å²) in [7, 11) is -3.72. The van der Waals surface area contributed by atoms with E-state index in [0.717, 1.165) is 23.9 Å². The highest BCUT2D eigenvalue weighted by Gasteiger charge is 2.14. The van der Waals surface area contributed by atoms with Crippen molar-refractivity contribution in [2.45, 2.75) is 49.8 Å². The largest absolute Gasteiger partial charge is 0.303 e. The van der Waals surface area contributed by atoms with E-state index >= 15 is 0 Å². The molecule has 136 valence electrons. The second-order valence-corrected chi connectivity index (χ2v) is 8.40. The van der Waals surface area contributed by atoms with Crippen molar-refractivity contribution in [2.75, 3.05) is 19.6 Å². The van der Waals surface area contributed by atoms with Gasteiger partial charge in [0.2, 0.25) is 10.0 Å². The SMILES string of the molecule is NS(=O)(=O)c1cccc2c(CCCCCN3CCCCC3)nccc12. The van der Waals surface area contributed by atoms with E-state index in [1.54, 1.807) is 24.4 Å². The summed E-state index contributed by atoms with van der Waals surface area (Å²) >= 11 is 0. The van der Waals surface area contributed by atoms with Crippen LogP contribution in [0.5, 0.6) is 0 Å². The highest BCUT2D eigenvalue weighted by molar-refractivity contribution is 7.89. The molecule has 5 nitrogen and oxygen atoms in total. The molecule has 2 aromatic rings. The average molecular weight is 362 g/mol. The third-order valence-electron chi connectivity index (χ3n) is 4.99. The van der Waals surface area contributed by atoms with Gasteiger partial charge in [-0.3, -0.25) is 4.98 Å². The Bertz CT molecular complexity index is 815. The lowest BCUT2D eigenvalue weighted by Gasteiger charge is -2.26. The molecule has 0 aliphatic carbocycles. The van der Waals surface area contributed by atoms with E-state index in [4.69, 9.17) is 5.14 Å². The molecule has 1 aromatic heterocycles. The molecular weight excluding hydrogens is 334 g/mol. The van der Waals surface area contributed by atoms with Crippen LogP contribution in [0.2, 0.25) is 0 Å². The zero-order chi connectivity index (χ0) is 17.7. The second-order valence-electron chi connectivity index (χ2n) is 6.87. The van der Waals surface area contributed by atoms with Gasteiger partial charge in [0.15, 0.2) is 0 Å². The normalized spacial score (nSPS) is 16.4. The van der Waals surface area contributed by atoms with Gasteiger partial charge in [-0.15, -0.1) is 0 Å². The standard InChI is InChI=1S/C19H27N3O2S/c20-25(23,24)19-10-7-8-16-17(19)11-12-21-18(16)9-3-1-4-13-22-14-5-2-6-15-22/h7-8,10-12H,1-6,9,13-15H2,(H2,20,23,24). The predicted molar refractivity (Wildman–Crippen MR) is 101 cm³/mol. The third-order valence-corrected chi connectivity index (χ3v) is 5.96. The molecule has 0 amide bonds. The Labute approximate surface area is 150 Å². The van der Waals surface area contributed by atoms with E-state index < -0.39 is 10.0 Å². The molecule has 1 saturated heterocycles. The highest BCUT2D eigenvalue weighted by Crippen LogP contribution is 2.24. The van der Waals surface area contributed by atoms with Crippen molar-refractivity contribution >= 4 is 20.8 Å². The number of primary sulfonamides is 1. The van der Waals surface area contributed by atoms with Crippen molar-refractivity contribution in [2.24, 2.45) is 5.14 Å². The van der Waals surface area contributed by atoms with Gasteiger partial charge in [0.05, 0.1) is 4.90 Å². The second kappa shape index (κ2) is 8.25. The van der Waals surface area contributed by atoms with E-state index in [2.05, 4.69) is 9.88 Å². The molecule has 1 fully saturated rings. The van der Waals surface area contributed by atoms with Crippen molar-refractivity contribution in [1.82, 2.24) is 9.88 Å². The Kier molecular flexibility index (Phi) is 6.04. The lowest BCUT2D eigenvalue weighted by molar-refractivity contribution is 0.224. The number of fused-ring (bicyclic) bond motifs is 1. The van der Waals surface area contributed by atoms with Crippen molar-refractivity contribution in [3.63, 3.8) is 0 Å². The van der Waals surface area contributed by atoms with Gasteiger partial charge in [-0.25, -0.2) is 13.6 Å². The van der Waals surface area contributed by atoms with Crippen LogP contribution in [0.3, 0.4) is 0 Å². The molecule has 25 heavy (non-hydrogen) atoms. The predicted octanol–water partition coefficient (Wildman–Crippen LogP) is 3.08. The van der Waals surface area contributed by atoms with Crippen LogP contribution in [-0.2, 0) is 16.4 Å². The molecule has 1 aliphatic heterocycles. The molecule has 2 N–H and O–H groups in total. The number of rotatable bonds is 7. The molecule has 0 radical (unpaired) electrons. The number of piperidine rings is 1. The minimum Gasteiger partial charge on any atom is -0.303 e. The Hall–Kier alpha value is -1.50. The van der Waals surface area contributed by atoms with Gasteiger partial charge in [0, 0.05) is 22.7 Å². The lowest BCUT2D eigenvalue weighted by atomic mass is 10.0. The summed E-state index contributed by atoms with van der Waals surface area (Å²) in [6.07, 6.45) is 10.1. The van der Waals surface area contributed by atoms with E-state index in [1.165, 1.54) is 51.7 Å². The molecule has 0 atom stereocenters. The van der Waals surface area contributed by atoms with E-state index in [9.17, 15) is 8.42 Å². The molecule has 0 bridgehead atoms. The summed E-state index contributed by atoms with van der Waals surface area (Å²) in [6, 6.07) is 6.96. The Morgan fingerprint density at radius 3 is 2.56 bits per heavy atom. The number of hydrogen-bond acceptors (Lipinski definition) is 4. The minimum atomic E-state index is -3.72. The number of nitrogens with two attached hydrogens (primary N) is 1. The van der Waals surface area contributed by atoms with E-state index in [1.807, 2.05) is 6.07 Å². The molecule has 0 spiro atoms. The summed E-state index contributed by atoms with van der Waals surface area (Å²) in [4.78, 5) is 7.22. The zero-order valence-corrected chi connectivity index (χ0v) is 15.5. The summed E-state index contributed by atoms with van der Waals surface area (Å²) in [5.41, 5.74) is 0.959. The Balaban J connectivity index is 1.60. The van der Waals surface area contributed by atoms with Crippen molar-refractivity contribution in [1.29, 1.82) is 0 Å². The summed E-state index contributed by atoms with van der Waals surface area (Å²) in [6.45, 7) is 3.70. The number of aromatic nitrogens is 1. The molecule has 1 aromatic carbocycles. The van der Waals surface area contributed by atoms with Crippen LogP contribution in [0.1, 0.15) is 44.2 Å². The monoisotopic (exact) mass is 361 g/mol. The fraction of sp³-hybridized carbons (Fsp3) is 0.526. The van der Waals surface area contributed by atoms with Crippen LogP contribution in [0.25, 0.3) is 10.8 Å². The number of nitrogens with zero attached hydrogens (tertiary/aromatic N) is 2. The first-order chi connectivity index (χ1) is 12.1. The van der Waals surface area contributed by atoms with Gasteiger partial charge in [0.25, 0.3) is 0 Å². The molecule has 3 rings (SSSR count). The number of pyridine rings is 1. The Morgan fingerprint density at radius 2 is 1.80 bits per heavy atom. The zero-order valence-electron chi connectivity index (χ0n) is 14.7. The maximum absolute atomic E-state index is 11.8. The first-order valence-electron chi connectivity index (χ1n) is 9.17. The molecule has 6 heteroatoms. The molecular formula is C19H27N3O2S. The third kappa shape index (κ3) is 4.77. The number of benzene rings is 1. The van der Waals surface area contributed by atoms with Crippen LogP contribution < -0.4 is 5.14 Å². The summed E-state index contributed by atoms with van der Waals surface area (Å²) in [5, 5.41) is 6.89. The van der Waals surface area contributed by atoms with E-state index in [-0.39, 0.29) is 4.90 Å². The van der Waals surface area contributed by atoms with Crippen molar-refractivity contribution in [3.05, 3.63) is 36.2 Å². The van der Waals surface area contributed by atoms with Gasteiger partial charge in [-0.2, -0.15) is 0 Å². The fourth-order valence-corrected chi connectivity index (χ4v) is 4.43. The van der Waals surface area contributed by atoms with Gasteiger partial charge in [0.1, 0.15) is 0 Å². The number of aryl methyl sites for hydroxylation is 1. The van der Waals surface area contributed by atoms with Crippen LogP contribution in [0, 0.1) is 0 Å². The quantitative estimate of drug-likeness (QED) is 0.769. The minimum absolute atomic E-state index is 0.179. The maximum atomic E-state index is 11.8. The summed E-state index contributed by atoms with van der Waals surface area (Å²) in [5.74, 6) is 0. The highest BCUT2D eigenvalue weighted by atomic mass is 32.2. The number of likely N-dealkylation sites (tertiary alicyclic amines) is 1. The number of unbranched alkanes of at least 4 members (excludes halogenated alkanes) is 2. The maximum Gasteiger partial charge on any atom is 0.238 e. The van der Waals surface area contributed by atoms with Crippen LogP contribution in [0.4, 0.5) is 0 Å². The van der Waals surface area contributed by atoms with Gasteiger partial charge >= 0.3 is 0 Å². The van der Waals surface area contributed by atoms with Gasteiger partial charge in [-0.1, -0.05) is 25.0 Å². The number of hydrogen-bond donors (Lipinski definition) is 1. The van der Waals surface area contributed by atoms with Gasteiger partial charge < -0.3 is 4.90 Å². The van der Waals surface area contributed by atoms with Crippen LogP contribution in [0.15, 0.2) is 35.4 Å².